The maximum Gasteiger partial charge on any atom is 0.123 e. The molecule has 3 heteroatoms. The predicted octanol–water partition coefficient (Wildman–Crippen LogP) is 4.01. The molecule has 2 rings (SSSR count). The first kappa shape index (κ1) is 14.3. The summed E-state index contributed by atoms with van der Waals surface area (Å²) in [7, 11) is 0. The highest BCUT2D eigenvalue weighted by atomic mass is 19.1. The molecule has 0 radical (unpaired) electrons. The highest BCUT2D eigenvalue weighted by molar-refractivity contribution is 5.34. The number of rotatable bonds is 3. The van der Waals surface area contributed by atoms with Gasteiger partial charge in [-0.1, -0.05) is 26.7 Å². The van der Waals surface area contributed by atoms with Gasteiger partial charge in [-0.2, -0.15) is 0 Å². The fraction of sp³-hybridized carbons (Fsp3) is 0.625. The third-order valence-corrected chi connectivity index (χ3v) is 4.63. The zero-order valence-corrected chi connectivity index (χ0v) is 12.0. The summed E-state index contributed by atoms with van der Waals surface area (Å²) in [6.07, 6.45) is 3.69. The molecule has 4 unspecified atom stereocenters. The van der Waals surface area contributed by atoms with Crippen LogP contribution in [0.25, 0.3) is 0 Å². The van der Waals surface area contributed by atoms with Gasteiger partial charge in [0.25, 0.3) is 0 Å². The van der Waals surface area contributed by atoms with Gasteiger partial charge >= 0.3 is 0 Å². The summed E-state index contributed by atoms with van der Waals surface area (Å²) in [6, 6.07) is 4.55. The van der Waals surface area contributed by atoms with Crippen LogP contribution in [0.4, 0.5) is 4.39 Å². The van der Waals surface area contributed by atoms with E-state index in [4.69, 9.17) is 0 Å². The summed E-state index contributed by atoms with van der Waals surface area (Å²) in [5, 5.41) is 13.4. The van der Waals surface area contributed by atoms with Crippen LogP contribution in [-0.4, -0.2) is 11.1 Å². The molecule has 106 valence electrons. The number of benzene rings is 1. The summed E-state index contributed by atoms with van der Waals surface area (Å²) in [5.41, 5.74) is 0.644. The highest BCUT2D eigenvalue weighted by Gasteiger charge is 2.28. The van der Waals surface area contributed by atoms with Gasteiger partial charge in [-0.3, -0.25) is 0 Å². The first-order valence-corrected chi connectivity index (χ1v) is 7.23. The number of hydrogen-bond acceptors (Lipinski definition) is 2. The standard InChI is InChI=1S/C16H24FNO/c1-10-5-4-6-15(11(10)2)18-12(3)14-9-13(17)7-8-16(14)19/h7-12,15,18-19H,4-6H2,1-3H3. The molecule has 0 aromatic heterocycles. The van der Waals surface area contributed by atoms with Crippen molar-refractivity contribution in [3.05, 3.63) is 29.6 Å². The van der Waals surface area contributed by atoms with Crippen LogP contribution in [0.5, 0.6) is 5.75 Å². The Bertz CT molecular complexity index is 435. The van der Waals surface area contributed by atoms with Crippen molar-refractivity contribution < 1.29 is 9.50 Å². The van der Waals surface area contributed by atoms with Gasteiger partial charge in [0.05, 0.1) is 0 Å². The van der Waals surface area contributed by atoms with Crippen LogP contribution in [0.2, 0.25) is 0 Å². The molecule has 19 heavy (non-hydrogen) atoms. The van der Waals surface area contributed by atoms with E-state index in [2.05, 4.69) is 19.2 Å². The van der Waals surface area contributed by atoms with E-state index >= 15 is 0 Å². The molecule has 0 aliphatic heterocycles. The average molecular weight is 265 g/mol. The lowest BCUT2D eigenvalue weighted by Crippen LogP contribution is -2.41. The Morgan fingerprint density at radius 2 is 2.05 bits per heavy atom. The molecule has 0 saturated heterocycles. The summed E-state index contributed by atoms with van der Waals surface area (Å²) in [5.74, 6) is 1.20. The van der Waals surface area contributed by atoms with Gasteiger partial charge in [-0.25, -0.2) is 4.39 Å². The van der Waals surface area contributed by atoms with E-state index in [-0.39, 0.29) is 17.6 Å². The highest BCUT2D eigenvalue weighted by Crippen LogP contribution is 2.32. The molecule has 1 aliphatic carbocycles. The van der Waals surface area contributed by atoms with Crippen molar-refractivity contribution in [2.45, 2.75) is 52.1 Å². The van der Waals surface area contributed by atoms with Gasteiger partial charge < -0.3 is 10.4 Å². The van der Waals surface area contributed by atoms with Crippen molar-refractivity contribution in [3.8, 4) is 5.75 Å². The van der Waals surface area contributed by atoms with Crippen molar-refractivity contribution in [2.24, 2.45) is 11.8 Å². The maximum absolute atomic E-state index is 13.3. The van der Waals surface area contributed by atoms with Crippen LogP contribution < -0.4 is 5.32 Å². The van der Waals surface area contributed by atoms with Gasteiger partial charge in [0, 0.05) is 17.6 Å². The quantitative estimate of drug-likeness (QED) is 0.865. The number of phenols is 1. The van der Waals surface area contributed by atoms with Crippen LogP contribution >= 0.6 is 0 Å². The lowest BCUT2D eigenvalue weighted by molar-refractivity contribution is 0.195. The molecule has 0 amide bonds. The molecule has 1 aromatic rings. The van der Waals surface area contributed by atoms with Crippen LogP contribution in [0.3, 0.4) is 0 Å². The number of aromatic hydroxyl groups is 1. The van der Waals surface area contributed by atoms with E-state index in [9.17, 15) is 9.50 Å². The summed E-state index contributed by atoms with van der Waals surface area (Å²) >= 11 is 0. The fourth-order valence-corrected chi connectivity index (χ4v) is 3.10. The number of hydrogen-bond donors (Lipinski definition) is 2. The summed E-state index contributed by atoms with van der Waals surface area (Å²) < 4.78 is 13.3. The van der Waals surface area contributed by atoms with Crippen LogP contribution in [0.15, 0.2) is 18.2 Å². The zero-order chi connectivity index (χ0) is 14.0. The Labute approximate surface area is 115 Å². The number of nitrogens with one attached hydrogen (secondary N) is 1. The first-order chi connectivity index (χ1) is 8.99. The molecule has 1 aliphatic rings. The second kappa shape index (κ2) is 5.91. The Balaban J connectivity index is 2.08. The minimum Gasteiger partial charge on any atom is -0.508 e. The minimum absolute atomic E-state index is 0.0338. The van der Waals surface area contributed by atoms with E-state index < -0.39 is 0 Å². The van der Waals surface area contributed by atoms with Crippen molar-refractivity contribution in [2.75, 3.05) is 0 Å². The van der Waals surface area contributed by atoms with Crippen LogP contribution in [-0.2, 0) is 0 Å². The van der Waals surface area contributed by atoms with Gasteiger partial charge in [0.2, 0.25) is 0 Å². The Morgan fingerprint density at radius 3 is 2.79 bits per heavy atom. The normalized spacial score (nSPS) is 29.2. The second-order valence-corrected chi connectivity index (χ2v) is 5.97. The van der Waals surface area contributed by atoms with Gasteiger partial charge in [0.1, 0.15) is 11.6 Å². The van der Waals surface area contributed by atoms with Crippen molar-refractivity contribution >= 4 is 0 Å². The van der Waals surface area contributed by atoms with Crippen molar-refractivity contribution in [1.29, 1.82) is 0 Å². The summed E-state index contributed by atoms with van der Waals surface area (Å²) in [4.78, 5) is 0. The van der Waals surface area contributed by atoms with Gasteiger partial charge in [0.15, 0.2) is 0 Å². The van der Waals surface area contributed by atoms with E-state index in [1.165, 1.54) is 31.0 Å². The molecule has 1 aromatic carbocycles. The van der Waals surface area contributed by atoms with Crippen molar-refractivity contribution in [1.82, 2.24) is 5.32 Å². The van der Waals surface area contributed by atoms with Crippen LogP contribution in [0.1, 0.15) is 51.6 Å². The Kier molecular flexibility index (Phi) is 4.46. The molecular formula is C16H24FNO. The summed E-state index contributed by atoms with van der Waals surface area (Å²) in [6.45, 7) is 6.56. The topological polar surface area (TPSA) is 32.3 Å². The number of halogens is 1. The van der Waals surface area contributed by atoms with E-state index in [1.807, 2.05) is 6.92 Å². The largest absolute Gasteiger partial charge is 0.508 e. The van der Waals surface area contributed by atoms with E-state index in [0.717, 1.165) is 12.3 Å². The minimum atomic E-state index is -0.300. The smallest absolute Gasteiger partial charge is 0.123 e. The Morgan fingerprint density at radius 1 is 1.32 bits per heavy atom. The molecule has 1 fully saturated rings. The lowest BCUT2D eigenvalue weighted by atomic mass is 9.77. The Hall–Kier alpha value is -1.09. The second-order valence-electron chi connectivity index (χ2n) is 5.97. The third-order valence-electron chi connectivity index (χ3n) is 4.63. The molecule has 0 spiro atoms. The van der Waals surface area contributed by atoms with Crippen molar-refractivity contribution in [3.63, 3.8) is 0 Å². The maximum atomic E-state index is 13.3. The van der Waals surface area contributed by atoms with Gasteiger partial charge in [-0.15, -0.1) is 0 Å². The zero-order valence-electron chi connectivity index (χ0n) is 12.0. The lowest BCUT2D eigenvalue weighted by Gasteiger charge is -2.36. The van der Waals surface area contributed by atoms with Gasteiger partial charge in [-0.05, 0) is 43.4 Å². The van der Waals surface area contributed by atoms with E-state index in [0.29, 0.717) is 17.5 Å². The molecule has 0 heterocycles. The monoisotopic (exact) mass is 265 g/mol. The number of phenolic OH excluding ortho intramolecular Hbond substituents is 1. The van der Waals surface area contributed by atoms with E-state index in [1.54, 1.807) is 0 Å². The molecule has 2 nitrogen and oxygen atoms in total. The predicted molar refractivity (Wildman–Crippen MR) is 75.6 cm³/mol. The first-order valence-electron chi connectivity index (χ1n) is 7.23. The molecule has 2 N–H and O–H groups in total. The van der Waals surface area contributed by atoms with Crippen LogP contribution in [0, 0.1) is 17.7 Å². The fourth-order valence-electron chi connectivity index (χ4n) is 3.10. The SMILES string of the molecule is CC(NC1CCCC(C)C1C)c1cc(F)ccc1O. The molecular weight excluding hydrogens is 241 g/mol. The molecule has 0 bridgehead atoms. The average Bonchev–Trinajstić information content (AvgIpc) is 2.38. The third kappa shape index (κ3) is 3.27. The molecule has 4 atom stereocenters. The molecule has 1 saturated carbocycles.